The largest absolute Gasteiger partial charge is 0.340 e. The number of halogens is 2. The molecule has 2 N–H and O–H groups in total. The van der Waals surface area contributed by atoms with E-state index in [4.69, 9.17) is 11.6 Å². The lowest BCUT2D eigenvalue weighted by Crippen LogP contribution is -2.12. The summed E-state index contributed by atoms with van der Waals surface area (Å²) in [5.41, 5.74) is 2.89. The highest BCUT2D eigenvalue weighted by Gasteiger charge is 2.08. The number of carbonyl (C=O) groups is 1. The van der Waals surface area contributed by atoms with Crippen LogP contribution in [0.15, 0.2) is 60.8 Å². The van der Waals surface area contributed by atoms with Crippen molar-refractivity contribution in [2.75, 3.05) is 10.6 Å². The highest BCUT2D eigenvalue weighted by Crippen LogP contribution is 2.20. The van der Waals surface area contributed by atoms with Crippen molar-refractivity contribution in [2.45, 2.75) is 6.92 Å². The van der Waals surface area contributed by atoms with Gasteiger partial charge in [-0.25, -0.2) is 9.37 Å². The lowest BCUT2D eigenvalue weighted by atomic mass is 10.2. The first-order chi connectivity index (χ1) is 12.0. The molecule has 0 bridgehead atoms. The molecule has 1 aromatic heterocycles. The van der Waals surface area contributed by atoms with Crippen LogP contribution in [-0.2, 0) is 0 Å². The Morgan fingerprint density at radius 2 is 1.76 bits per heavy atom. The fourth-order valence-corrected chi connectivity index (χ4v) is 2.34. The van der Waals surface area contributed by atoms with Crippen molar-refractivity contribution in [3.05, 3.63) is 82.8 Å². The first-order valence-electron chi connectivity index (χ1n) is 7.57. The quantitative estimate of drug-likeness (QED) is 0.678. The number of pyridine rings is 1. The van der Waals surface area contributed by atoms with Gasteiger partial charge >= 0.3 is 0 Å². The summed E-state index contributed by atoms with van der Waals surface area (Å²) in [4.78, 5) is 16.4. The average Bonchev–Trinajstić information content (AvgIpc) is 2.61. The molecule has 1 heterocycles. The van der Waals surface area contributed by atoms with Crippen molar-refractivity contribution in [3.63, 3.8) is 0 Å². The first kappa shape index (κ1) is 16.9. The van der Waals surface area contributed by atoms with Gasteiger partial charge in [-0.3, -0.25) is 4.79 Å². The number of aryl methyl sites for hydroxylation is 1. The number of rotatable bonds is 4. The molecule has 0 atom stereocenters. The van der Waals surface area contributed by atoms with Crippen molar-refractivity contribution in [1.29, 1.82) is 0 Å². The van der Waals surface area contributed by atoms with E-state index in [0.717, 1.165) is 5.69 Å². The van der Waals surface area contributed by atoms with Gasteiger partial charge in [0, 0.05) is 17.6 Å². The van der Waals surface area contributed by atoms with Crippen molar-refractivity contribution in [1.82, 2.24) is 4.98 Å². The topological polar surface area (TPSA) is 54.0 Å². The SMILES string of the molecule is Cc1ccc(Nc2ccc(C(=O)Nc3ccc(F)c(Cl)c3)cn2)cc1. The van der Waals surface area contributed by atoms with Gasteiger partial charge in [-0.1, -0.05) is 29.3 Å². The fraction of sp³-hybridized carbons (Fsp3) is 0.0526. The summed E-state index contributed by atoms with van der Waals surface area (Å²) in [6.07, 6.45) is 1.47. The van der Waals surface area contributed by atoms with Crippen LogP contribution in [0.2, 0.25) is 5.02 Å². The predicted octanol–water partition coefficient (Wildman–Crippen LogP) is 5.18. The van der Waals surface area contributed by atoms with Crippen LogP contribution < -0.4 is 10.6 Å². The Labute approximate surface area is 149 Å². The summed E-state index contributed by atoms with van der Waals surface area (Å²) in [7, 11) is 0. The summed E-state index contributed by atoms with van der Waals surface area (Å²) >= 11 is 5.70. The second-order valence-corrected chi connectivity index (χ2v) is 5.91. The number of aromatic nitrogens is 1. The zero-order chi connectivity index (χ0) is 17.8. The van der Waals surface area contributed by atoms with E-state index in [1.165, 1.54) is 30.0 Å². The molecule has 6 heteroatoms. The third-order valence-electron chi connectivity index (χ3n) is 3.53. The maximum absolute atomic E-state index is 13.1. The fourth-order valence-electron chi connectivity index (χ4n) is 2.16. The minimum Gasteiger partial charge on any atom is -0.340 e. The Morgan fingerprint density at radius 3 is 2.40 bits per heavy atom. The van der Waals surface area contributed by atoms with Gasteiger partial charge in [-0.05, 0) is 49.4 Å². The molecule has 0 aliphatic heterocycles. The predicted molar refractivity (Wildman–Crippen MR) is 98.1 cm³/mol. The minimum atomic E-state index is -0.534. The Kier molecular flexibility index (Phi) is 4.95. The molecule has 25 heavy (non-hydrogen) atoms. The number of amides is 1. The number of hydrogen-bond acceptors (Lipinski definition) is 3. The van der Waals surface area contributed by atoms with Gasteiger partial charge in [0.25, 0.3) is 5.91 Å². The highest BCUT2D eigenvalue weighted by atomic mass is 35.5. The zero-order valence-corrected chi connectivity index (χ0v) is 14.1. The number of hydrogen-bond donors (Lipinski definition) is 2. The lowest BCUT2D eigenvalue weighted by molar-refractivity contribution is 0.102. The van der Waals surface area contributed by atoms with Crippen molar-refractivity contribution in [2.24, 2.45) is 0 Å². The Morgan fingerprint density at radius 1 is 1.04 bits per heavy atom. The standard InChI is InChI=1S/C19H15ClFN3O/c1-12-2-5-14(6-3-12)23-18-9-4-13(11-22-18)19(25)24-15-7-8-17(21)16(20)10-15/h2-11H,1H3,(H,22,23)(H,24,25). The van der Waals surface area contributed by atoms with E-state index in [2.05, 4.69) is 15.6 Å². The Hall–Kier alpha value is -2.92. The highest BCUT2D eigenvalue weighted by molar-refractivity contribution is 6.31. The molecule has 3 aromatic rings. The molecule has 0 aliphatic rings. The van der Waals surface area contributed by atoms with E-state index in [-0.39, 0.29) is 10.9 Å². The van der Waals surface area contributed by atoms with Crippen molar-refractivity contribution in [3.8, 4) is 0 Å². The maximum Gasteiger partial charge on any atom is 0.257 e. The number of anilines is 3. The zero-order valence-electron chi connectivity index (χ0n) is 13.4. The summed E-state index contributed by atoms with van der Waals surface area (Å²) in [6, 6.07) is 15.3. The Bertz CT molecular complexity index is 896. The molecule has 0 radical (unpaired) electrons. The summed E-state index contributed by atoms with van der Waals surface area (Å²) in [6.45, 7) is 2.02. The molecule has 0 saturated heterocycles. The molecular formula is C19H15ClFN3O. The molecule has 4 nitrogen and oxygen atoms in total. The van der Waals surface area contributed by atoms with Gasteiger partial charge in [-0.15, -0.1) is 0 Å². The van der Waals surface area contributed by atoms with E-state index in [1.807, 2.05) is 31.2 Å². The lowest BCUT2D eigenvalue weighted by Gasteiger charge is -2.08. The van der Waals surface area contributed by atoms with Crippen molar-refractivity contribution >= 4 is 34.7 Å². The molecule has 1 amide bonds. The van der Waals surface area contributed by atoms with Gasteiger partial charge in [0.1, 0.15) is 11.6 Å². The van der Waals surface area contributed by atoms with E-state index >= 15 is 0 Å². The molecule has 3 rings (SSSR count). The van der Waals surface area contributed by atoms with Crippen LogP contribution >= 0.6 is 11.6 Å². The normalized spacial score (nSPS) is 10.4. The third kappa shape index (κ3) is 4.33. The maximum atomic E-state index is 13.1. The minimum absolute atomic E-state index is 0.0476. The van der Waals surface area contributed by atoms with Crippen LogP contribution in [-0.4, -0.2) is 10.9 Å². The van der Waals surface area contributed by atoms with Gasteiger partial charge in [0.15, 0.2) is 0 Å². The van der Waals surface area contributed by atoms with Crippen LogP contribution in [0.3, 0.4) is 0 Å². The molecule has 0 saturated carbocycles. The second-order valence-electron chi connectivity index (χ2n) is 5.51. The number of carbonyl (C=O) groups excluding carboxylic acids is 1. The summed E-state index contributed by atoms with van der Waals surface area (Å²) < 4.78 is 13.1. The molecular weight excluding hydrogens is 341 g/mol. The molecule has 2 aromatic carbocycles. The van der Waals surface area contributed by atoms with Crippen LogP contribution in [0, 0.1) is 12.7 Å². The molecule has 0 spiro atoms. The smallest absolute Gasteiger partial charge is 0.257 e. The van der Waals surface area contributed by atoms with Crippen LogP contribution in [0.5, 0.6) is 0 Å². The Balaban J connectivity index is 1.67. The van der Waals surface area contributed by atoms with Gasteiger partial charge in [0.2, 0.25) is 0 Å². The molecule has 0 aliphatic carbocycles. The summed E-state index contributed by atoms with van der Waals surface area (Å²) in [5.74, 6) is -0.254. The van der Waals surface area contributed by atoms with Crippen LogP contribution in [0.25, 0.3) is 0 Å². The van der Waals surface area contributed by atoms with Crippen molar-refractivity contribution < 1.29 is 9.18 Å². The van der Waals surface area contributed by atoms with Gasteiger partial charge in [0.05, 0.1) is 10.6 Å². The first-order valence-corrected chi connectivity index (χ1v) is 7.95. The third-order valence-corrected chi connectivity index (χ3v) is 3.82. The van der Waals surface area contributed by atoms with Crippen LogP contribution in [0.1, 0.15) is 15.9 Å². The average molecular weight is 356 g/mol. The molecule has 0 unspecified atom stereocenters. The van der Waals surface area contributed by atoms with E-state index in [0.29, 0.717) is 17.1 Å². The van der Waals surface area contributed by atoms with E-state index in [9.17, 15) is 9.18 Å². The van der Waals surface area contributed by atoms with Gasteiger partial charge in [-0.2, -0.15) is 0 Å². The van der Waals surface area contributed by atoms with Crippen LogP contribution in [0.4, 0.5) is 21.6 Å². The number of nitrogens with one attached hydrogen (secondary N) is 2. The van der Waals surface area contributed by atoms with E-state index < -0.39 is 5.82 Å². The van der Waals surface area contributed by atoms with E-state index in [1.54, 1.807) is 12.1 Å². The van der Waals surface area contributed by atoms with Gasteiger partial charge < -0.3 is 10.6 Å². The number of benzene rings is 2. The molecule has 126 valence electrons. The number of nitrogens with zero attached hydrogens (tertiary/aromatic N) is 1. The second kappa shape index (κ2) is 7.32. The summed E-state index contributed by atoms with van der Waals surface area (Å²) in [5, 5.41) is 5.76. The monoisotopic (exact) mass is 355 g/mol. The molecule has 0 fully saturated rings.